The zero-order valence-corrected chi connectivity index (χ0v) is 11.9. The first-order valence-corrected chi connectivity index (χ1v) is 7.42. The molecule has 4 nitrogen and oxygen atoms in total. The standard InChI is InChI=1S/C15H26O4/c1-15(14(18)19)10-6-4-2-3-5-8-12(13(16)17)9-7-11-15/h12H,2-11H2,1H3,(H,16,17)(H,18,19). The topological polar surface area (TPSA) is 74.6 Å². The van der Waals surface area contributed by atoms with Crippen molar-refractivity contribution in [3.63, 3.8) is 0 Å². The van der Waals surface area contributed by atoms with Crippen LogP contribution in [0.3, 0.4) is 0 Å². The highest BCUT2D eigenvalue weighted by Gasteiger charge is 2.32. The minimum Gasteiger partial charge on any atom is -0.481 e. The molecule has 1 saturated carbocycles. The van der Waals surface area contributed by atoms with Crippen molar-refractivity contribution in [2.45, 2.75) is 71.1 Å². The normalized spacial score (nSPS) is 30.9. The summed E-state index contributed by atoms with van der Waals surface area (Å²) in [6.45, 7) is 1.80. The van der Waals surface area contributed by atoms with Gasteiger partial charge in [0.15, 0.2) is 0 Å². The lowest BCUT2D eigenvalue weighted by atomic mass is 9.78. The molecular weight excluding hydrogens is 244 g/mol. The molecule has 110 valence electrons. The Morgan fingerprint density at radius 3 is 2.05 bits per heavy atom. The molecule has 0 aromatic rings. The minimum atomic E-state index is -0.739. The molecule has 1 fully saturated rings. The lowest BCUT2D eigenvalue weighted by Crippen LogP contribution is -2.28. The van der Waals surface area contributed by atoms with Crippen molar-refractivity contribution in [2.24, 2.45) is 11.3 Å². The van der Waals surface area contributed by atoms with Gasteiger partial charge in [0.2, 0.25) is 0 Å². The summed E-state index contributed by atoms with van der Waals surface area (Å²) in [7, 11) is 0. The average Bonchev–Trinajstić information content (AvgIpc) is 2.32. The molecule has 0 amide bonds. The third-order valence-corrected chi connectivity index (χ3v) is 4.43. The van der Waals surface area contributed by atoms with Crippen LogP contribution in [0, 0.1) is 11.3 Å². The second kappa shape index (κ2) is 7.51. The Labute approximate surface area is 115 Å². The minimum absolute atomic E-state index is 0.294. The van der Waals surface area contributed by atoms with Crippen LogP contribution in [0.15, 0.2) is 0 Å². The summed E-state index contributed by atoms with van der Waals surface area (Å²) >= 11 is 0. The van der Waals surface area contributed by atoms with Gasteiger partial charge in [-0.1, -0.05) is 38.5 Å². The summed E-state index contributed by atoms with van der Waals surface area (Å²) in [4.78, 5) is 22.5. The highest BCUT2D eigenvalue weighted by Crippen LogP contribution is 2.33. The first kappa shape index (κ1) is 16.0. The smallest absolute Gasteiger partial charge is 0.309 e. The molecule has 2 N–H and O–H groups in total. The van der Waals surface area contributed by atoms with Crippen LogP contribution in [-0.4, -0.2) is 22.2 Å². The fourth-order valence-electron chi connectivity index (χ4n) is 2.91. The Hall–Kier alpha value is -1.06. The maximum Gasteiger partial charge on any atom is 0.309 e. The third-order valence-electron chi connectivity index (χ3n) is 4.43. The van der Waals surface area contributed by atoms with Crippen molar-refractivity contribution in [3.8, 4) is 0 Å². The molecule has 0 aromatic heterocycles. The van der Waals surface area contributed by atoms with Crippen LogP contribution in [0.4, 0.5) is 0 Å². The Morgan fingerprint density at radius 2 is 1.42 bits per heavy atom. The molecule has 0 aliphatic heterocycles. The van der Waals surface area contributed by atoms with E-state index in [9.17, 15) is 14.7 Å². The molecular formula is C15H26O4. The highest BCUT2D eigenvalue weighted by molar-refractivity contribution is 5.74. The predicted molar refractivity (Wildman–Crippen MR) is 73.0 cm³/mol. The number of rotatable bonds is 2. The van der Waals surface area contributed by atoms with E-state index in [4.69, 9.17) is 5.11 Å². The van der Waals surface area contributed by atoms with Gasteiger partial charge in [0.05, 0.1) is 11.3 Å². The van der Waals surface area contributed by atoms with Crippen LogP contribution in [-0.2, 0) is 9.59 Å². The second-order valence-electron chi connectivity index (χ2n) is 6.10. The monoisotopic (exact) mass is 270 g/mol. The van der Waals surface area contributed by atoms with Gasteiger partial charge in [-0.05, 0) is 32.6 Å². The fourth-order valence-corrected chi connectivity index (χ4v) is 2.91. The number of carboxylic acids is 2. The maximum absolute atomic E-state index is 11.4. The molecule has 1 rings (SSSR count). The molecule has 0 heterocycles. The van der Waals surface area contributed by atoms with Crippen LogP contribution in [0.5, 0.6) is 0 Å². The second-order valence-corrected chi connectivity index (χ2v) is 6.10. The van der Waals surface area contributed by atoms with Gasteiger partial charge in [0.25, 0.3) is 0 Å². The van der Waals surface area contributed by atoms with E-state index in [1.165, 1.54) is 0 Å². The molecule has 0 spiro atoms. The number of hydrogen-bond acceptors (Lipinski definition) is 2. The third kappa shape index (κ3) is 5.21. The average molecular weight is 270 g/mol. The van der Waals surface area contributed by atoms with E-state index >= 15 is 0 Å². The summed E-state index contributed by atoms with van der Waals surface area (Å²) < 4.78 is 0. The summed E-state index contributed by atoms with van der Waals surface area (Å²) in [5.41, 5.74) is -0.678. The fraction of sp³-hybridized carbons (Fsp3) is 0.867. The number of aliphatic carboxylic acids is 2. The van der Waals surface area contributed by atoms with E-state index in [1.54, 1.807) is 6.92 Å². The van der Waals surface area contributed by atoms with Gasteiger partial charge in [-0.25, -0.2) is 0 Å². The molecule has 0 radical (unpaired) electrons. The van der Waals surface area contributed by atoms with Gasteiger partial charge in [-0.3, -0.25) is 9.59 Å². The first-order valence-electron chi connectivity index (χ1n) is 7.42. The summed E-state index contributed by atoms with van der Waals surface area (Å²) in [6.07, 6.45) is 8.48. The molecule has 2 unspecified atom stereocenters. The molecule has 0 saturated heterocycles. The molecule has 19 heavy (non-hydrogen) atoms. The van der Waals surface area contributed by atoms with E-state index in [0.29, 0.717) is 25.7 Å². The molecule has 4 heteroatoms. The molecule has 0 aromatic carbocycles. The predicted octanol–water partition coefficient (Wildman–Crippen LogP) is 3.69. The zero-order chi connectivity index (χ0) is 14.3. The Bertz CT molecular complexity index is 313. The van der Waals surface area contributed by atoms with E-state index < -0.39 is 17.4 Å². The van der Waals surface area contributed by atoms with E-state index in [0.717, 1.165) is 38.5 Å². The van der Waals surface area contributed by atoms with E-state index in [1.807, 2.05) is 0 Å². The molecule has 0 bridgehead atoms. The van der Waals surface area contributed by atoms with Gasteiger partial charge in [-0.2, -0.15) is 0 Å². The van der Waals surface area contributed by atoms with Crippen molar-refractivity contribution >= 4 is 11.9 Å². The molecule has 2 atom stereocenters. The Balaban J connectivity index is 2.63. The highest BCUT2D eigenvalue weighted by atomic mass is 16.4. The van der Waals surface area contributed by atoms with E-state index in [-0.39, 0.29) is 5.92 Å². The van der Waals surface area contributed by atoms with Crippen LogP contribution >= 0.6 is 0 Å². The van der Waals surface area contributed by atoms with Crippen molar-refractivity contribution in [1.82, 2.24) is 0 Å². The van der Waals surface area contributed by atoms with Crippen molar-refractivity contribution < 1.29 is 19.8 Å². The summed E-state index contributed by atoms with van der Waals surface area (Å²) in [5, 5.41) is 18.5. The van der Waals surface area contributed by atoms with Crippen molar-refractivity contribution in [2.75, 3.05) is 0 Å². The van der Waals surface area contributed by atoms with Gasteiger partial charge in [0.1, 0.15) is 0 Å². The number of hydrogen-bond donors (Lipinski definition) is 2. The first-order chi connectivity index (χ1) is 8.96. The quantitative estimate of drug-likeness (QED) is 0.802. The van der Waals surface area contributed by atoms with Gasteiger partial charge in [0, 0.05) is 0 Å². The zero-order valence-electron chi connectivity index (χ0n) is 11.9. The molecule has 1 aliphatic rings. The Morgan fingerprint density at radius 1 is 0.895 bits per heavy atom. The van der Waals surface area contributed by atoms with Crippen LogP contribution in [0.1, 0.15) is 71.1 Å². The molecule has 1 aliphatic carbocycles. The van der Waals surface area contributed by atoms with Gasteiger partial charge < -0.3 is 10.2 Å². The van der Waals surface area contributed by atoms with Crippen LogP contribution in [0.25, 0.3) is 0 Å². The van der Waals surface area contributed by atoms with E-state index in [2.05, 4.69) is 0 Å². The lowest BCUT2D eigenvalue weighted by Gasteiger charge is -2.26. The van der Waals surface area contributed by atoms with Crippen molar-refractivity contribution in [3.05, 3.63) is 0 Å². The Kier molecular flexibility index (Phi) is 6.32. The lowest BCUT2D eigenvalue weighted by molar-refractivity contribution is -0.149. The summed E-state index contributed by atoms with van der Waals surface area (Å²) in [5.74, 6) is -1.76. The number of carboxylic acid groups (broad SMARTS) is 2. The number of carbonyl (C=O) groups is 2. The van der Waals surface area contributed by atoms with Crippen molar-refractivity contribution in [1.29, 1.82) is 0 Å². The largest absolute Gasteiger partial charge is 0.481 e. The van der Waals surface area contributed by atoms with Crippen LogP contribution in [0.2, 0.25) is 0 Å². The van der Waals surface area contributed by atoms with Gasteiger partial charge in [-0.15, -0.1) is 0 Å². The SMILES string of the molecule is CC1(C(=O)O)CCCCCCCC(C(=O)O)CCC1. The van der Waals surface area contributed by atoms with Gasteiger partial charge >= 0.3 is 11.9 Å². The maximum atomic E-state index is 11.4. The summed E-state index contributed by atoms with van der Waals surface area (Å²) in [6, 6.07) is 0. The van der Waals surface area contributed by atoms with Crippen LogP contribution < -0.4 is 0 Å².